The molecule has 0 bridgehead atoms. The molecule has 7 nitrogen and oxygen atoms in total. The number of carbonyl (C=O) groups is 1. The van der Waals surface area contributed by atoms with E-state index in [9.17, 15) is 4.79 Å². The van der Waals surface area contributed by atoms with Gasteiger partial charge in [-0.15, -0.1) is 10.2 Å². The van der Waals surface area contributed by atoms with Gasteiger partial charge in [0.25, 0.3) is 0 Å². The van der Waals surface area contributed by atoms with Crippen LogP contribution in [0.5, 0.6) is 0 Å². The number of anilines is 1. The fraction of sp³-hybridized carbons (Fsp3) is 0.158. The van der Waals surface area contributed by atoms with Gasteiger partial charge >= 0.3 is 0 Å². The van der Waals surface area contributed by atoms with Gasteiger partial charge < -0.3 is 10.6 Å². The average Bonchev–Trinajstić information content (AvgIpc) is 3.20. The quantitative estimate of drug-likeness (QED) is 0.505. The Bertz CT molecular complexity index is 871. The van der Waals surface area contributed by atoms with E-state index >= 15 is 0 Å². The molecule has 0 saturated carbocycles. The first-order valence-electron chi connectivity index (χ1n) is 8.31. The van der Waals surface area contributed by atoms with Crippen LogP contribution in [0.1, 0.15) is 11.1 Å². The number of amides is 1. The van der Waals surface area contributed by atoms with Crippen LogP contribution in [0.3, 0.4) is 0 Å². The summed E-state index contributed by atoms with van der Waals surface area (Å²) < 4.78 is 1.64. The maximum absolute atomic E-state index is 11.9. The second-order valence-corrected chi connectivity index (χ2v) is 5.64. The minimum Gasteiger partial charge on any atom is -0.367 e. The van der Waals surface area contributed by atoms with Crippen molar-refractivity contribution in [3.63, 3.8) is 0 Å². The Morgan fingerprint density at radius 2 is 2.00 bits per heavy atom. The zero-order chi connectivity index (χ0) is 18.2. The molecule has 1 aromatic carbocycles. The van der Waals surface area contributed by atoms with Crippen LogP contribution in [-0.2, 0) is 4.79 Å². The maximum Gasteiger partial charge on any atom is 0.244 e. The highest BCUT2D eigenvalue weighted by Gasteiger charge is 2.00. The van der Waals surface area contributed by atoms with Gasteiger partial charge in [-0.25, -0.2) is 4.68 Å². The van der Waals surface area contributed by atoms with E-state index in [2.05, 4.69) is 25.9 Å². The number of nitrogens with zero attached hydrogens (tertiary/aromatic N) is 4. The van der Waals surface area contributed by atoms with E-state index in [0.29, 0.717) is 24.7 Å². The first-order valence-corrected chi connectivity index (χ1v) is 8.31. The average molecular weight is 348 g/mol. The summed E-state index contributed by atoms with van der Waals surface area (Å²) in [6.45, 7) is 3.06. The van der Waals surface area contributed by atoms with Gasteiger partial charge in [-0.3, -0.25) is 4.79 Å². The van der Waals surface area contributed by atoms with Crippen LogP contribution in [0.4, 0.5) is 5.82 Å². The summed E-state index contributed by atoms with van der Waals surface area (Å²) in [5.41, 5.74) is 2.17. The lowest BCUT2D eigenvalue weighted by Crippen LogP contribution is -2.27. The number of aromatic nitrogens is 4. The maximum atomic E-state index is 11.9. The molecular weight excluding hydrogens is 328 g/mol. The predicted molar refractivity (Wildman–Crippen MR) is 101 cm³/mol. The van der Waals surface area contributed by atoms with E-state index in [1.165, 1.54) is 0 Å². The number of carbonyl (C=O) groups excluding carboxylic acids is 1. The minimum atomic E-state index is -0.129. The monoisotopic (exact) mass is 348 g/mol. The lowest BCUT2D eigenvalue weighted by atomic mass is 10.1. The smallest absolute Gasteiger partial charge is 0.244 e. The van der Waals surface area contributed by atoms with Crippen molar-refractivity contribution in [2.75, 3.05) is 18.4 Å². The molecule has 0 unspecified atom stereocenters. The Kier molecular flexibility index (Phi) is 5.72. The molecule has 2 N–H and O–H groups in total. The molecule has 26 heavy (non-hydrogen) atoms. The summed E-state index contributed by atoms with van der Waals surface area (Å²) >= 11 is 0. The largest absolute Gasteiger partial charge is 0.367 e. The molecule has 3 aromatic rings. The van der Waals surface area contributed by atoms with Gasteiger partial charge in [0.15, 0.2) is 5.82 Å². The predicted octanol–water partition coefficient (Wildman–Crippen LogP) is 2.21. The minimum absolute atomic E-state index is 0.129. The molecule has 7 heteroatoms. The van der Waals surface area contributed by atoms with E-state index in [4.69, 9.17) is 0 Å². The molecule has 1 amide bonds. The zero-order valence-corrected chi connectivity index (χ0v) is 14.5. The van der Waals surface area contributed by atoms with E-state index in [-0.39, 0.29) is 5.91 Å². The van der Waals surface area contributed by atoms with Gasteiger partial charge in [-0.1, -0.05) is 24.3 Å². The van der Waals surface area contributed by atoms with Gasteiger partial charge in [0, 0.05) is 31.6 Å². The summed E-state index contributed by atoms with van der Waals surface area (Å²) in [4.78, 5) is 11.9. The summed E-state index contributed by atoms with van der Waals surface area (Å²) in [7, 11) is 0. The molecule has 2 aromatic heterocycles. The van der Waals surface area contributed by atoms with E-state index in [0.717, 1.165) is 11.1 Å². The Labute approximate surface area is 151 Å². The summed E-state index contributed by atoms with van der Waals surface area (Å²) in [5.74, 6) is 1.16. The number of nitrogens with one attached hydrogen (secondary N) is 2. The molecule has 0 atom stereocenters. The molecule has 0 saturated heterocycles. The van der Waals surface area contributed by atoms with Crippen molar-refractivity contribution >= 4 is 17.8 Å². The number of hydrogen-bond acceptors (Lipinski definition) is 5. The number of benzene rings is 1. The standard InChI is InChI=1S/C19H20N6O/c1-15-5-2-3-6-16(15)7-10-19(26)21-13-12-20-17-8-9-18(24-23-17)25-14-4-11-22-25/h2-11,14H,12-13H2,1H3,(H,20,23)(H,21,26)/b10-7+. The lowest BCUT2D eigenvalue weighted by Gasteiger charge is -2.06. The fourth-order valence-corrected chi connectivity index (χ4v) is 2.32. The third-order valence-corrected chi connectivity index (χ3v) is 3.72. The van der Waals surface area contributed by atoms with Crippen molar-refractivity contribution in [3.05, 3.63) is 72.1 Å². The Morgan fingerprint density at radius 1 is 1.12 bits per heavy atom. The number of rotatable bonds is 7. The van der Waals surface area contributed by atoms with Gasteiger partial charge in [0.1, 0.15) is 5.82 Å². The van der Waals surface area contributed by atoms with Crippen molar-refractivity contribution in [2.24, 2.45) is 0 Å². The van der Waals surface area contributed by atoms with Crippen molar-refractivity contribution in [1.29, 1.82) is 0 Å². The van der Waals surface area contributed by atoms with Gasteiger partial charge in [0.2, 0.25) is 5.91 Å². The highest BCUT2D eigenvalue weighted by molar-refractivity contribution is 5.91. The molecule has 132 valence electrons. The van der Waals surface area contributed by atoms with Crippen LogP contribution in [0.25, 0.3) is 11.9 Å². The first-order chi connectivity index (χ1) is 12.7. The lowest BCUT2D eigenvalue weighted by molar-refractivity contribution is -0.116. The molecule has 0 radical (unpaired) electrons. The molecule has 2 heterocycles. The molecule has 3 rings (SSSR count). The number of aryl methyl sites for hydroxylation is 1. The van der Waals surface area contributed by atoms with Crippen molar-refractivity contribution < 1.29 is 4.79 Å². The SMILES string of the molecule is Cc1ccccc1/C=C/C(=O)NCCNc1ccc(-n2cccn2)nn1. The second kappa shape index (κ2) is 8.57. The molecule has 0 aliphatic carbocycles. The molecule has 0 aliphatic heterocycles. The van der Waals surface area contributed by atoms with E-state index < -0.39 is 0 Å². The molecule has 0 spiro atoms. The van der Waals surface area contributed by atoms with Crippen LogP contribution < -0.4 is 10.6 Å². The van der Waals surface area contributed by atoms with E-state index in [1.807, 2.05) is 55.5 Å². The third kappa shape index (κ3) is 4.76. The van der Waals surface area contributed by atoms with Crippen LogP contribution >= 0.6 is 0 Å². The van der Waals surface area contributed by atoms with Crippen LogP contribution in [0.2, 0.25) is 0 Å². The third-order valence-electron chi connectivity index (χ3n) is 3.72. The van der Waals surface area contributed by atoms with Gasteiger partial charge in [0.05, 0.1) is 0 Å². The topological polar surface area (TPSA) is 84.7 Å². The number of hydrogen-bond donors (Lipinski definition) is 2. The van der Waals surface area contributed by atoms with Gasteiger partial charge in [-0.2, -0.15) is 5.10 Å². The van der Waals surface area contributed by atoms with E-state index in [1.54, 1.807) is 23.2 Å². The molecule has 0 fully saturated rings. The Morgan fingerprint density at radius 3 is 2.73 bits per heavy atom. The summed E-state index contributed by atoms with van der Waals surface area (Å²) in [6.07, 6.45) is 6.85. The Balaban J connectivity index is 1.41. The Hall–Kier alpha value is -3.48. The van der Waals surface area contributed by atoms with Crippen molar-refractivity contribution in [2.45, 2.75) is 6.92 Å². The van der Waals surface area contributed by atoms with Crippen LogP contribution in [0.15, 0.2) is 60.9 Å². The normalized spacial score (nSPS) is 10.8. The molecule has 0 aliphatic rings. The van der Waals surface area contributed by atoms with Crippen molar-refractivity contribution in [3.8, 4) is 5.82 Å². The second-order valence-electron chi connectivity index (χ2n) is 5.64. The van der Waals surface area contributed by atoms with Crippen molar-refractivity contribution in [1.82, 2.24) is 25.3 Å². The highest BCUT2D eigenvalue weighted by atomic mass is 16.1. The molecular formula is C19H20N6O. The van der Waals surface area contributed by atoms with Crippen LogP contribution in [0, 0.1) is 6.92 Å². The first kappa shape index (κ1) is 17.3. The summed E-state index contributed by atoms with van der Waals surface area (Å²) in [6, 6.07) is 13.4. The highest BCUT2D eigenvalue weighted by Crippen LogP contribution is 2.08. The van der Waals surface area contributed by atoms with Crippen LogP contribution in [-0.4, -0.2) is 39.0 Å². The van der Waals surface area contributed by atoms with Gasteiger partial charge in [-0.05, 0) is 42.3 Å². The fourth-order valence-electron chi connectivity index (χ4n) is 2.32. The summed E-state index contributed by atoms with van der Waals surface area (Å²) in [5, 5.41) is 18.2. The zero-order valence-electron chi connectivity index (χ0n) is 14.5.